The fourth-order valence-electron chi connectivity index (χ4n) is 1.54. The van der Waals surface area contributed by atoms with Gasteiger partial charge in [0, 0.05) is 18.7 Å². The Kier molecular flexibility index (Phi) is 3.48. The highest BCUT2D eigenvalue weighted by atomic mass is 16.5. The van der Waals surface area contributed by atoms with E-state index in [2.05, 4.69) is 11.4 Å². The van der Waals surface area contributed by atoms with E-state index in [9.17, 15) is 9.90 Å². The second-order valence-electron chi connectivity index (χ2n) is 3.60. The van der Waals surface area contributed by atoms with Gasteiger partial charge < -0.3 is 15.2 Å². The lowest BCUT2D eigenvalue weighted by Crippen LogP contribution is -2.22. The van der Waals surface area contributed by atoms with E-state index in [-0.39, 0.29) is 5.75 Å². The minimum absolute atomic E-state index is 0.176. The highest BCUT2D eigenvalue weighted by Gasteiger charge is 2.06. The third-order valence-corrected chi connectivity index (χ3v) is 2.40. The molecule has 4 nitrogen and oxygen atoms in total. The summed E-state index contributed by atoms with van der Waals surface area (Å²) in [5.74, 6) is 0.477. The minimum atomic E-state index is -0.555. The molecule has 0 saturated heterocycles. The van der Waals surface area contributed by atoms with E-state index < -0.39 is 6.09 Å². The summed E-state index contributed by atoms with van der Waals surface area (Å²) in [6.45, 7) is 0. The molecule has 2 aromatic carbocycles. The monoisotopic (exact) mass is 242 g/mol. The molecule has 0 aliphatic heterocycles. The Hall–Kier alpha value is -2.49. The lowest BCUT2D eigenvalue weighted by molar-refractivity contribution is 0.203. The maximum Gasteiger partial charge on any atom is 0.412 e. The van der Waals surface area contributed by atoms with Crippen LogP contribution in [0.5, 0.6) is 11.5 Å². The Morgan fingerprint density at radius 1 is 1.33 bits per heavy atom. The van der Waals surface area contributed by atoms with Crippen LogP contribution in [0.15, 0.2) is 42.5 Å². The van der Waals surface area contributed by atoms with E-state index in [0.29, 0.717) is 11.3 Å². The Morgan fingerprint density at radius 3 is 2.83 bits per heavy atom. The summed E-state index contributed by atoms with van der Waals surface area (Å²) in [6, 6.07) is 14.8. The predicted molar refractivity (Wildman–Crippen MR) is 67.5 cm³/mol. The molecule has 0 bridgehead atoms. The van der Waals surface area contributed by atoms with Crippen LogP contribution in [-0.2, 0) is 0 Å². The van der Waals surface area contributed by atoms with Gasteiger partial charge in [0.15, 0.2) is 0 Å². The Morgan fingerprint density at radius 2 is 2.11 bits per heavy atom. The number of para-hydroxylation sites is 1. The third kappa shape index (κ3) is 2.60. The number of aromatic hydroxyl groups is 1. The fourth-order valence-corrected chi connectivity index (χ4v) is 1.54. The lowest BCUT2D eigenvalue weighted by Gasteiger charge is -2.07. The summed E-state index contributed by atoms with van der Waals surface area (Å²) in [5, 5.41) is 12.1. The van der Waals surface area contributed by atoms with Crippen molar-refractivity contribution in [1.82, 2.24) is 5.32 Å². The average molecular weight is 242 g/mol. The number of amides is 1. The van der Waals surface area contributed by atoms with Gasteiger partial charge in [0.25, 0.3) is 0 Å². The Labute approximate surface area is 105 Å². The van der Waals surface area contributed by atoms with E-state index >= 15 is 0 Å². The Bertz CT molecular complexity index is 566. The molecule has 0 aliphatic carbocycles. The zero-order valence-corrected chi connectivity index (χ0v) is 9.81. The number of rotatable bonds is 2. The van der Waals surface area contributed by atoms with Crippen molar-refractivity contribution < 1.29 is 14.6 Å². The van der Waals surface area contributed by atoms with Gasteiger partial charge in [0.05, 0.1) is 0 Å². The number of benzene rings is 2. The summed E-state index contributed by atoms with van der Waals surface area (Å²) in [4.78, 5) is 11.1. The van der Waals surface area contributed by atoms with Crippen LogP contribution >= 0.6 is 0 Å². The van der Waals surface area contributed by atoms with Gasteiger partial charge in [-0.25, -0.2) is 4.79 Å². The van der Waals surface area contributed by atoms with Crippen molar-refractivity contribution in [2.45, 2.75) is 0 Å². The van der Waals surface area contributed by atoms with Crippen molar-refractivity contribution in [3.63, 3.8) is 0 Å². The van der Waals surface area contributed by atoms with Crippen LogP contribution in [0.1, 0.15) is 0 Å². The molecule has 2 N–H and O–H groups in total. The second kappa shape index (κ2) is 5.23. The van der Waals surface area contributed by atoms with Gasteiger partial charge in [0.1, 0.15) is 11.5 Å². The highest BCUT2D eigenvalue weighted by molar-refractivity contribution is 5.73. The van der Waals surface area contributed by atoms with Crippen LogP contribution in [-0.4, -0.2) is 18.2 Å². The summed E-state index contributed by atoms with van der Waals surface area (Å²) in [6.07, 6.45) is -0.555. The molecule has 0 aromatic heterocycles. The molecule has 91 valence electrons. The zero-order valence-electron chi connectivity index (χ0n) is 9.81. The van der Waals surface area contributed by atoms with Gasteiger partial charge in [-0.05, 0) is 23.8 Å². The first-order valence-corrected chi connectivity index (χ1v) is 5.40. The molecule has 18 heavy (non-hydrogen) atoms. The van der Waals surface area contributed by atoms with Crippen molar-refractivity contribution in [2.75, 3.05) is 7.05 Å². The molecule has 0 unspecified atom stereocenters. The molecule has 2 aromatic rings. The topological polar surface area (TPSA) is 58.6 Å². The van der Waals surface area contributed by atoms with Crippen LogP contribution in [0.3, 0.4) is 0 Å². The molecule has 0 spiro atoms. The molecule has 0 saturated carbocycles. The summed E-state index contributed by atoms with van der Waals surface area (Å²) >= 11 is 0. The predicted octanol–water partition coefficient (Wildman–Crippen LogP) is 2.58. The van der Waals surface area contributed by atoms with Gasteiger partial charge in [-0.1, -0.05) is 24.3 Å². The summed E-state index contributed by atoms with van der Waals surface area (Å²) in [5.41, 5.74) is 1.43. The number of carbonyl (C=O) groups excluding carboxylic acids is 1. The first-order chi connectivity index (χ1) is 8.70. The van der Waals surface area contributed by atoms with Gasteiger partial charge in [-0.2, -0.15) is 0 Å². The molecular formula is C14H12NO3. The first-order valence-electron chi connectivity index (χ1n) is 5.40. The van der Waals surface area contributed by atoms with Crippen molar-refractivity contribution >= 4 is 6.09 Å². The summed E-state index contributed by atoms with van der Waals surface area (Å²) < 4.78 is 4.98. The molecule has 0 fully saturated rings. The highest BCUT2D eigenvalue weighted by Crippen LogP contribution is 2.30. The average Bonchev–Trinajstić information content (AvgIpc) is 2.39. The molecule has 2 rings (SSSR count). The number of carbonyl (C=O) groups is 1. The van der Waals surface area contributed by atoms with Crippen LogP contribution in [0, 0.1) is 6.07 Å². The molecular weight excluding hydrogens is 230 g/mol. The van der Waals surface area contributed by atoms with Crippen molar-refractivity contribution in [2.24, 2.45) is 0 Å². The number of hydrogen-bond donors (Lipinski definition) is 2. The quantitative estimate of drug-likeness (QED) is 0.850. The van der Waals surface area contributed by atoms with E-state index in [4.69, 9.17) is 4.74 Å². The molecule has 0 aliphatic rings. The molecule has 4 heteroatoms. The molecule has 1 amide bonds. The first kappa shape index (κ1) is 12.0. The second-order valence-corrected chi connectivity index (χ2v) is 3.60. The van der Waals surface area contributed by atoms with E-state index in [1.54, 1.807) is 36.4 Å². The van der Waals surface area contributed by atoms with Crippen LogP contribution in [0.2, 0.25) is 0 Å². The SMILES string of the molecule is CNC(=O)Oc1[c]ccc(-c2ccccc2O)c1. The van der Waals surface area contributed by atoms with Gasteiger partial charge in [0.2, 0.25) is 0 Å². The van der Waals surface area contributed by atoms with E-state index in [1.807, 2.05) is 6.07 Å². The maximum absolute atomic E-state index is 11.1. The normalized spacial score (nSPS) is 9.83. The Balaban J connectivity index is 2.33. The molecule has 1 radical (unpaired) electrons. The van der Waals surface area contributed by atoms with E-state index in [1.165, 1.54) is 7.05 Å². The zero-order chi connectivity index (χ0) is 13.0. The maximum atomic E-state index is 11.1. The van der Waals surface area contributed by atoms with Gasteiger partial charge in [-0.3, -0.25) is 0 Å². The van der Waals surface area contributed by atoms with Crippen LogP contribution in [0.25, 0.3) is 11.1 Å². The lowest BCUT2D eigenvalue weighted by atomic mass is 10.0. The number of phenols is 1. The summed E-state index contributed by atoms with van der Waals surface area (Å²) in [7, 11) is 1.48. The van der Waals surface area contributed by atoms with Crippen molar-refractivity contribution in [1.29, 1.82) is 0 Å². The fraction of sp³-hybridized carbons (Fsp3) is 0.0714. The molecule has 0 heterocycles. The molecule has 0 atom stereocenters. The smallest absolute Gasteiger partial charge is 0.412 e. The van der Waals surface area contributed by atoms with Gasteiger partial charge in [-0.15, -0.1) is 0 Å². The number of ether oxygens (including phenoxy) is 1. The standard InChI is InChI=1S/C14H12NO3/c1-15-14(17)18-11-6-4-5-10(9-11)12-7-2-3-8-13(12)16/h2-5,7-9,16H,1H3,(H,15,17). The van der Waals surface area contributed by atoms with Crippen LogP contribution in [0.4, 0.5) is 4.79 Å². The van der Waals surface area contributed by atoms with Crippen LogP contribution < -0.4 is 10.1 Å². The number of nitrogens with one attached hydrogen (secondary N) is 1. The number of hydrogen-bond acceptors (Lipinski definition) is 3. The largest absolute Gasteiger partial charge is 0.507 e. The minimum Gasteiger partial charge on any atom is -0.507 e. The number of phenolic OH excluding ortho intramolecular Hbond substituents is 1. The van der Waals surface area contributed by atoms with Gasteiger partial charge >= 0.3 is 6.09 Å². The van der Waals surface area contributed by atoms with Crippen molar-refractivity contribution in [3.8, 4) is 22.6 Å². The van der Waals surface area contributed by atoms with Crippen molar-refractivity contribution in [3.05, 3.63) is 48.5 Å². The van der Waals surface area contributed by atoms with E-state index in [0.717, 1.165) is 5.56 Å². The third-order valence-electron chi connectivity index (χ3n) is 2.40.